The number of phenolic OH excluding ortho intramolecular Hbond substituents is 1. The minimum absolute atomic E-state index is 0.126. The monoisotopic (exact) mass is 294 g/mol. The van der Waals surface area contributed by atoms with Gasteiger partial charge in [-0.25, -0.2) is 4.79 Å². The van der Waals surface area contributed by atoms with Gasteiger partial charge in [-0.05, 0) is 18.2 Å². The summed E-state index contributed by atoms with van der Waals surface area (Å²) in [5, 5.41) is 9.57. The van der Waals surface area contributed by atoms with Gasteiger partial charge in [-0.3, -0.25) is 9.13 Å². The minimum atomic E-state index is -1.12. The highest BCUT2D eigenvalue weighted by atomic mass is 28.3. The molecule has 6 heteroatoms. The number of aromatic hydroxyl groups is 1. The number of imidazole rings is 1. The van der Waals surface area contributed by atoms with Crippen molar-refractivity contribution >= 4 is 19.1 Å². The summed E-state index contributed by atoms with van der Waals surface area (Å²) in [5.41, 5.74) is 1.37. The molecule has 0 aliphatic heterocycles. The molecule has 1 aromatic carbocycles. The number of phenols is 1. The van der Waals surface area contributed by atoms with Crippen LogP contribution in [0.2, 0.25) is 25.7 Å². The molecule has 1 heterocycles. The second-order valence-corrected chi connectivity index (χ2v) is 11.9. The van der Waals surface area contributed by atoms with Crippen LogP contribution in [-0.4, -0.2) is 28.9 Å². The summed E-state index contributed by atoms with van der Waals surface area (Å²) in [6.45, 7) is 7.76. The summed E-state index contributed by atoms with van der Waals surface area (Å²) >= 11 is 0. The number of hydrogen-bond donors (Lipinski definition) is 1. The first-order valence-corrected chi connectivity index (χ1v) is 10.5. The van der Waals surface area contributed by atoms with Gasteiger partial charge in [0.15, 0.2) is 0 Å². The topological polar surface area (TPSA) is 56.4 Å². The van der Waals surface area contributed by atoms with Crippen molar-refractivity contribution in [2.45, 2.75) is 32.4 Å². The molecule has 0 aliphatic rings. The predicted octanol–water partition coefficient (Wildman–Crippen LogP) is 2.36. The van der Waals surface area contributed by atoms with Crippen LogP contribution in [0.25, 0.3) is 11.0 Å². The molecule has 2 rings (SSSR count). The fraction of sp³-hybridized carbons (Fsp3) is 0.500. The molecule has 0 spiro atoms. The molecule has 0 unspecified atom stereocenters. The van der Waals surface area contributed by atoms with Gasteiger partial charge in [0.2, 0.25) is 0 Å². The molecule has 5 nitrogen and oxygen atoms in total. The van der Waals surface area contributed by atoms with E-state index >= 15 is 0 Å². The lowest BCUT2D eigenvalue weighted by molar-refractivity contribution is 0.0873. The number of fused-ring (bicyclic) bond motifs is 1. The minimum Gasteiger partial charge on any atom is -0.508 e. The lowest BCUT2D eigenvalue weighted by Crippen LogP contribution is -2.25. The van der Waals surface area contributed by atoms with Crippen LogP contribution in [0.4, 0.5) is 0 Å². The van der Waals surface area contributed by atoms with Crippen molar-refractivity contribution in [3.05, 3.63) is 28.7 Å². The average molecular weight is 294 g/mol. The molecule has 0 aliphatic carbocycles. The molecular weight excluding hydrogens is 272 g/mol. The van der Waals surface area contributed by atoms with Crippen LogP contribution in [0, 0.1) is 0 Å². The molecular formula is C14H22N2O3Si. The van der Waals surface area contributed by atoms with E-state index in [0.29, 0.717) is 12.1 Å². The number of nitrogens with zero attached hydrogens (tertiary/aromatic N) is 2. The maximum atomic E-state index is 12.2. The molecule has 0 saturated carbocycles. The van der Waals surface area contributed by atoms with E-state index in [9.17, 15) is 9.90 Å². The lowest BCUT2D eigenvalue weighted by Gasteiger charge is -2.15. The van der Waals surface area contributed by atoms with E-state index in [-0.39, 0.29) is 18.2 Å². The summed E-state index contributed by atoms with van der Waals surface area (Å²) in [6, 6.07) is 5.99. The average Bonchev–Trinajstić information content (AvgIpc) is 2.57. The highest BCUT2D eigenvalue weighted by molar-refractivity contribution is 6.76. The molecule has 0 bridgehead atoms. The van der Waals surface area contributed by atoms with Crippen LogP contribution in [0.15, 0.2) is 23.0 Å². The number of aromatic nitrogens is 2. The van der Waals surface area contributed by atoms with Crippen LogP contribution in [0.3, 0.4) is 0 Å². The SMILES string of the molecule is Cn1c(=O)n(COCC[Si](C)(C)C)c2cc(O)ccc21. The summed E-state index contributed by atoms with van der Waals surface area (Å²) in [6.07, 6.45) is 0. The first kappa shape index (κ1) is 14.9. The molecule has 20 heavy (non-hydrogen) atoms. The first-order valence-electron chi connectivity index (χ1n) is 6.75. The van der Waals surface area contributed by atoms with E-state index in [1.165, 1.54) is 0 Å². The number of aryl methyl sites for hydroxylation is 1. The third-order valence-corrected chi connectivity index (χ3v) is 5.05. The van der Waals surface area contributed by atoms with Gasteiger partial charge < -0.3 is 9.84 Å². The Morgan fingerprint density at radius 2 is 1.95 bits per heavy atom. The molecule has 0 atom stereocenters. The van der Waals surface area contributed by atoms with Gasteiger partial charge in [0, 0.05) is 27.8 Å². The number of hydrogen-bond acceptors (Lipinski definition) is 3. The van der Waals surface area contributed by atoms with Crippen molar-refractivity contribution in [1.82, 2.24) is 9.13 Å². The first-order chi connectivity index (χ1) is 9.29. The van der Waals surface area contributed by atoms with Gasteiger partial charge in [0.25, 0.3) is 0 Å². The molecule has 1 N–H and O–H groups in total. The van der Waals surface area contributed by atoms with E-state index in [1.807, 2.05) is 0 Å². The number of benzene rings is 1. The van der Waals surface area contributed by atoms with Crippen LogP contribution in [-0.2, 0) is 18.5 Å². The van der Waals surface area contributed by atoms with Crippen LogP contribution >= 0.6 is 0 Å². The second-order valence-electron chi connectivity index (χ2n) is 6.29. The van der Waals surface area contributed by atoms with Crippen molar-refractivity contribution in [1.29, 1.82) is 0 Å². The Balaban J connectivity index is 2.20. The molecule has 0 saturated heterocycles. The Morgan fingerprint density at radius 3 is 2.60 bits per heavy atom. The fourth-order valence-corrected chi connectivity index (χ4v) is 2.81. The maximum Gasteiger partial charge on any atom is 0.330 e. The van der Waals surface area contributed by atoms with E-state index in [2.05, 4.69) is 19.6 Å². The van der Waals surface area contributed by atoms with E-state index in [4.69, 9.17) is 4.74 Å². The third-order valence-electron chi connectivity index (χ3n) is 3.35. The van der Waals surface area contributed by atoms with Crippen molar-refractivity contribution < 1.29 is 9.84 Å². The fourth-order valence-electron chi connectivity index (χ4n) is 2.06. The van der Waals surface area contributed by atoms with Gasteiger partial charge in [0.05, 0.1) is 11.0 Å². The van der Waals surface area contributed by atoms with E-state index in [0.717, 1.165) is 11.6 Å². The molecule has 2 aromatic rings. The molecule has 110 valence electrons. The zero-order valence-electron chi connectivity index (χ0n) is 12.5. The third kappa shape index (κ3) is 3.13. The standard InChI is InChI=1S/C14H22N2O3Si/c1-15-12-6-5-11(17)9-13(12)16(14(15)18)10-19-7-8-20(2,3)4/h5-6,9,17H,7-8,10H2,1-4H3. The summed E-state index contributed by atoms with van der Waals surface area (Å²) < 4.78 is 8.76. The Hall–Kier alpha value is -1.53. The Labute approximate surface area is 119 Å². The summed E-state index contributed by atoms with van der Waals surface area (Å²) in [7, 11) is 0.599. The van der Waals surface area contributed by atoms with Crippen LogP contribution in [0.5, 0.6) is 5.75 Å². The Bertz CT molecular complexity index is 667. The summed E-state index contributed by atoms with van der Waals surface area (Å²) in [5.74, 6) is 0.152. The van der Waals surface area contributed by atoms with Gasteiger partial charge in [0.1, 0.15) is 12.5 Å². The Morgan fingerprint density at radius 1 is 1.25 bits per heavy atom. The highest BCUT2D eigenvalue weighted by Crippen LogP contribution is 2.18. The van der Waals surface area contributed by atoms with Crippen molar-refractivity contribution in [3.8, 4) is 5.75 Å². The zero-order valence-corrected chi connectivity index (χ0v) is 13.5. The van der Waals surface area contributed by atoms with Gasteiger partial charge >= 0.3 is 5.69 Å². The second kappa shape index (κ2) is 5.45. The highest BCUT2D eigenvalue weighted by Gasteiger charge is 2.14. The lowest BCUT2D eigenvalue weighted by atomic mass is 10.3. The summed E-state index contributed by atoms with van der Waals surface area (Å²) in [4.78, 5) is 12.2. The normalized spacial score (nSPS) is 12.2. The van der Waals surface area contributed by atoms with Crippen LogP contribution in [0.1, 0.15) is 0 Å². The Kier molecular flexibility index (Phi) is 4.05. The molecule has 1 aromatic heterocycles. The largest absolute Gasteiger partial charge is 0.508 e. The smallest absolute Gasteiger partial charge is 0.330 e. The van der Waals surface area contributed by atoms with Crippen LogP contribution < -0.4 is 5.69 Å². The van der Waals surface area contributed by atoms with E-state index in [1.54, 1.807) is 34.4 Å². The van der Waals surface area contributed by atoms with E-state index < -0.39 is 8.07 Å². The molecule has 0 fully saturated rings. The zero-order chi connectivity index (χ0) is 14.9. The quantitative estimate of drug-likeness (QED) is 0.680. The van der Waals surface area contributed by atoms with Crippen molar-refractivity contribution in [3.63, 3.8) is 0 Å². The van der Waals surface area contributed by atoms with Gasteiger partial charge in [-0.15, -0.1) is 0 Å². The number of ether oxygens (including phenoxy) is 1. The van der Waals surface area contributed by atoms with Crippen molar-refractivity contribution in [2.24, 2.45) is 7.05 Å². The van der Waals surface area contributed by atoms with Gasteiger partial charge in [-0.1, -0.05) is 19.6 Å². The predicted molar refractivity (Wildman–Crippen MR) is 82.9 cm³/mol. The van der Waals surface area contributed by atoms with Gasteiger partial charge in [-0.2, -0.15) is 0 Å². The number of rotatable bonds is 5. The maximum absolute atomic E-state index is 12.2. The molecule has 0 radical (unpaired) electrons. The van der Waals surface area contributed by atoms with Crippen molar-refractivity contribution in [2.75, 3.05) is 6.61 Å². The molecule has 0 amide bonds.